The molecule has 0 aromatic heterocycles. The lowest BCUT2D eigenvalue weighted by Crippen LogP contribution is -2.46. The fourth-order valence-electron chi connectivity index (χ4n) is 1.94. The van der Waals surface area contributed by atoms with Gasteiger partial charge in [0, 0.05) is 6.54 Å². The van der Waals surface area contributed by atoms with Gasteiger partial charge in [-0.25, -0.2) is 21.6 Å². The second-order valence-electron chi connectivity index (χ2n) is 5.28. The summed E-state index contributed by atoms with van der Waals surface area (Å²) in [6, 6.07) is 0. The van der Waals surface area contributed by atoms with Gasteiger partial charge < -0.3 is 10.2 Å². The summed E-state index contributed by atoms with van der Waals surface area (Å²) in [6.45, 7) is 0.792. The zero-order valence-corrected chi connectivity index (χ0v) is 12.7. The van der Waals surface area contributed by atoms with E-state index in [2.05, 4.69) is 4.72 Å². The fraction of sp³-hybridized carbons (Fsp3) is 0.900. The molecule has 118 valence electrons. The fourth-order valence-corrected chi connectivity index (χ4v) is 5.33. The van der Waals surface area contributed by atoms with E-state index in [1.807, 2.05) is 0 Å². The summed E-state index contributed by atoms with van der Waals surface area (Å²) in [5, 5.41) is 17.5. The molecule has 0 saturated carbocycles. The van der Waals surface area contributed by atoms with Gasteiger partial charge >= 0.3 is 5.97 Å². The Morgan fingerprint density at radius 1 is 1.35 bits per heavy atom. The van der Waals surface area contributed by atoms with Gasteiger partial charge in [-0.3, -0.25) is 4.79 Å². The largest absolute Gasteiger partial charge is 0.481 e. The van der Waals surface area contributed by atoms with Crippen molar-refractivity contribution in [3.8, 4) is 0 Å². The van der Waals surface area contributed by atoms with E-state index in [1.54, 1.807) is 0 Å². The molecule has 1 fully saturated rings. The van der Waals surface area contributed by atoms with Crippen molar-refractivity contribution in [2.24, 2.45) is 0 Å². The van der Waals surface area contributed by atoms with Gasteiger partial charge in [-0.2, -0.15) is 0 Å². The van der Waals surface area contributed by atoms with E-state index in [-0.39, 0.29) is 24.3 Å². The molecule has 0 amide bonds. The molecule has 1 unspecified atom stereocenters. The first-order chi connectivity index (χ1) is 8.94. The molecule has 0 radical (unpaired) electrons. The number of nitrogens with one attached hydrogen (secondary N) is 1. The standard InChI is InChI=1S/C10H19NO7S2/c1-10(14,6-9(12)13)7-11-20(17,18)8-2-4-19(15,16)5-3-8/h8,11,14H,2-7H2,1H3,(H,12,13). The van der Waals surface area contributed by atoms with Crippen LogP contribution in [0.4, 0.5) is 0 Å². The molecule has 1 heterocycles. The first kappa shape index (κ1) is 17.3. The summed E-state index contributed by atoms with van der Waals surface area (Å²) in [4.78, 5) is 10.5. The molecule has 0 aliphatic carbocycles. The van der Waals surface area contributed by atoms with Crippen molar-refractivity contribution in [2.45, 2.75) is 37.0 Å². The van der Waals surface area contributed by atoms with E-state index in [4.69, 9.17) is 5.11 Å². The minimum absolute atomic E-state index is 0.0126. The van der Waals surface area contributed by atoms with Gasteiger partial charge in [0.15, 0.2) is 0 Å². The van der Waals surface area contributed by atoms with Crippen LogP contribution in [0.25, 0.3) is 0 Å². The minimum Gasteiger partial charge on any atom is -0.481 e. The number of carbonyl (C=O) groups is 1. The Labute approximate surface area is 118 Å². The summed E-state index contributed by atoms with van der Waals surface area (Å²) in [5.41, 5.74) is -1.69. The highest BCUT2D eigenvalue weighted by Crippen LogP contribution is 2.19. The Morgan fingerprint density at radius 2 is 1.85 bits per heavy atom. The number of rotatable bonds is 6. The van der Waals surface area contributed by atoms with E-state index in [0.717, 1.165) is 0 Å². The van der Waals surface area contributed by atoms with Crippen LogP contribution >= 0.6 is 0 Å². The number of carboxylic acid groups (broad SMARTS) is 1. The summed E-state index contributed by atoms with van der Waals surface area (Å²) in [6.07, 6.45) is -0.563. The molecule has 3 N–H and O–H groups in total. The van der Waals surface area contributed by atoms with Crippen molar-refractivity contribution in [3.63, 3.8) is 0 Å². The third-order valence-electron chi connectivity index (χ3n) is 3.13. The lowest BCUT2D eigenvalue weighted by atomic mass is 10.0. The van der Waals surface area contributed by atoms with Crippen LogP contribution < -0.4 is 4.72 Å². The Hall–Kier alpha value is -0.710. The van der Waals surface area contributed by atoms with Crippen LogP contribution in [0, 0.1) is 0 Å². The topological polar surface area (TPSA) is 138 Å². The van der Waals surface area contributed by atoms with Crippen LogP contribution in [0.15, 0.2) is 0 Å². The number of carboxylic acids is 1. The number of sulfone groups is 1. The molecule has 0 bridgehead atoms. The van der Waals surface area contributed by atoms with E-state index in [0.29, 0.717) is 0 Å². The first-order valence-corrected chi connectivity index (χ1v) is 9.43. The molecule has 10 heteroatoms. The van der Waals surface area contributed by atoms with Crippen molar-refractivity contribution in [1.29, 1.82) is 0 Å². The molecular weight excluding hydrogens is 310 g/mol. The molecule has 1 rings (SSSR count). The molecule has 1 aliphatic heterocycles. The van der Waals surface area contributed by atoms with Crippen molar-refractivity contribution in [1.82, 2.24) is 4.72 Å². The molecule has 1 saturated heterocycles. The maximum absolute atomic E-state index is 12.0. The van der Waals surface area contributed by atoms with Gasteiger partial charge in [-0.1, -0.05) is 0 Å². The maximum atomic E-state index is 12.0. The highest BCUT2D eigenvalue weighted by Gasteiger charge is 2.34. The normalized spacial score (nSPS) is 23.1. The van der Waals surface area contributed by atoms with Gasteiger partial charge in [-0.15, -0.1) is 0 Å². The SMILES string of the molecule is CC(O)(CNS(=O)(=O)C1CCS(=O)(=O)CC1)CC(=O)O. The van der Waals surface area contributed by atoms with E-state index < -0.39 is 49.6 Å². The highest BCUT2D eigenvalue weighted by atomic mass is 32.2. The van der Waals surface area contributed by atoms with Crippen molar-refractivity contribution >= 4 is 25.8 Å². The Kier molecular flexibility index (Phi) is 5.17. The monoisotopic (exact) mass is 329 g/mol. The average Bonchev–Trinajstić information content (AvgIpc) is 2.24. The second kappa shape index (κ2) is 5.96. The summed E-state index contributed by atoms with van der Waals surface area (Å²) in [7, 11) is -6.92. The van der Waals surface area contributed by atoms with Gasteiger partial charge in [0.25, 0.3) is 0 Å². The number of aliphatic carboxylic acids is 1. The number of aliphatic hydroxyl groups is 1. The third kappa shape index (κ3) is 5.35. The Bertz CT molecular complexity index is 550. The molecular formula is C10H19NO7S2. The summed E-state index contributed by atoms with van der Waals surface area (Å²) in [5.74, 6) is -1.59. The lowest BCUT2D eigenvalue weighted by molar-refractivity contribution is -0.141. The van der Waals surface area contributed by atoms with Crippen molar-refractivity contribution in [3.05, 3.63) is 0 Å². The van der Waals surface area contributed by atoms with E-state index >= 15 is 0 Å². The average molecular weight is 329 g/mol. The quantitative estimate of drug-likeness (QED) is 0.551. The highest BCUT2D eigenvalue weighted by molar-refractivity contribution is 7.92. The molecule has 0 aromatic carbocycles. The minimum atomic E-state index is -3.77. The van der Waals surface area contributed by atoms with Crippen molar-refractivity contribution < 1.29 is 31.8 Å². The molecule has 0 aromatic rings. The van der Waals surface area contributed by atoms with Crippen LogP contribution in [-0.4, -0.2) is 61.9 Å². The van der Waals surface area contributed by atoms with Gasteiger partial charge in [0.05, 0.1) is 28.8 Å². The lowest BCUT2D eigenvalue weighted by Gasteiger charge is -2.26. The van der Waals surface area contributed by atoms with Gasteiger partial charge in [0.1, 0.15) is 9.84 Å². The van der Waals surface area contributed by atoms with E-state index in [9.17, 15) is 26.7 Å². The molecule has 0 spiro atoms. The summed E-state index contributed by atoms with van der Waals surface area (Å²) >= 11 is 0. The zero-order valence-electron chi connectivity index (χ0n) is 11.1. The maximum Gasteiger partial charge on any atom is 0.306 e. The van der Waals surface area contributed by atoms with Crippen LogP contribution in [-0.2, 0) is 24.7 Å². The zero-order chi connectivity index (χ0) is 15.6. The van der Waals surface area contributed by atoms with Gasteiger partial charge in [-0.05, 0) is 19.8 Å². The van der Waals surface area contributed by atoms with E-state index in [1.165, 1.54) is 6.92 Å². The number of hydrogen-bond acceptors (Lipinski definition) is 6. The van der Waals surface area contributed by atoms with Crippen LogP contribution in [0.2, 0.25) is 0 Å². The molecule has 1 atom stereocenters. The number of sulfonamides is 1. The number of hydrogen-bond donors (Lipinski definition) is 3. The summed E-state index contributed by atoms with van der Waals surface area (Å²) < 4.78 is 48.6. The molecule has 8 nitrogen and oxygen atoms in total. The predicted molar refractivity (Wildman–Crippen MR) is 71.5 cm³/mol. The molecule has 1 aliphatic rings. The van der Waals surface area contributed by atoms with Crippen LogP contribution in [0.3, 0.4) is 0 Å². The van der Waals surface area contributed by atoms with Crippen LogP contribution in [0.1, 0.15) is 26.2 Å². The van der Waals surface area contributed by atoms with Crippen molar-refractivity contribution in [2.75, 3.05) is 18.1 Å². The van der Waals surface area contributed by atoms with Crippen LogP contribution in [0.5, 0.6) is 0 Å². The Balaban J connectivity index is 2.61. The molecule has 20 heavy (non-hydrogen) atoms. The second-order valence-corrected chi connectivity index (χ2v) is 9.63. The predicted octanol–water partition coefficient (Wildman–Crippen LogP) is -1.29. The smallest absolute Gasteiger partial charge is 0.306 e. The Morgan fingerprint density at radius 3 is 2.30 bits per heavy atom. The van der Waals surface area contributed by atoms with Gasteiger partial charge in [0.2, 0.25) is 10.0 Å². The third-order valence-corrected chi connectivity index (χ3v) is 6.74. The first-order valence-electron chi connectivity index (χ1n) is 6.07.